The zero-order valence-corrected chi connectivity index (χ0v) is 10.5. The normalized spacial score (nSPS) is 11.5. The molecule has 0 bridgehead atoms. The molecular formula is C13H22N2. The van der Waals surface area contributed by atoms with E-state index in [1.54, 1.807) is 0 Å². The van der Waals surface area contributed by atoms with E-state index in [0.717, 1.165) is 13.0 Å². The van der Waals surface area contributed by atoms with E-state index in [1.165, 1.54) is 11.1 Å². The molecule has 0 spiro atoms. The average Bonchev–Trinajstić information content (AvgIpc) is 2.45. The van der Waals surface area contributed by atoms with Crippen molar-refractivity contribution < 1.29 is 0 Å². The first kappa shape index (κ1) is 12.0. The molecule has 0 aromatic carbocycles. The molecule has 15 heavy (non-hydrogen) atoms. The summed E-state index contributed by atoms with van der Waals surface area (Å²) in [5, 5.41) is 4.34. The lowest BCUT2D eigenvalue weighted by Gasteiger charge is -2.16. The Morgan fingerprint density at radius 2 is 2.07 bits per heavy atom. The molecule has 0 fully saturated rings. The number of allylic oxidation sites excluding steroid dienone is 2. The van der Waals surface area contributed by atoms with Gasteiger partial charge in [0.05, 0.1) is 12.7 Å². The molecule has 1 heterocycles. The Morgan fingerprint density at radius 3 is 2.60 bits per heavy atom. The summed E-state index contributed by atoms with van der Waals surface area (Å²) in [6.07, 6.45) is 7.39. The van der Waals surface area contributed by atoms with Crippen molar-refractivity contribution in [1.29, 1.82) is 0 Å². The molecule has 1 aromatic heterocycles. The molecule has 0 aliphatic heterocycles. The number of hydrogen-bond acceptors (Lipinski definition) is 1. The number of nitrogens with zero attached hydrogens (tertiary/aromatic N) is 2. The van der Waals surface area contributed by atoms with Gasteiger partial charge in [0.2, 0.25) is 0 Å². The minimum Gasteiger partial charge on any atom is -0.269 e. The van der Waals surface area contributed by atoms with E-state index in [4.69, 9.17) is 0 Å². The van der Waals surface area contributed by atoms with Gasteiger partial charge in [0, 0.05) is 6.20 Å². The summed E-state index contributed by atoms with van der Waals surface area (Å²) in [6.45, 7) is 11.9. The summed E-state index contributed by atoms with van der Waals surface area (Å²) in [4.78, 5) is 0. The molecule has 1 aromatic rings. The van der Waals surface area contributed by atoms with Crippen molar-refractivity contribution in [2.45, 2.75) is 47.6 Å². The minimum atomic E-state index is 0.338. The average molecular weight is 206 g/mol. The maximum absolute atomic E-state index is 4.34. The number of hydrogen-bond donors (Lipinski definition) is 0. The van der Waals surface area contributed by atoms with Gasteiger partial charge in [-0.1, -0.05) is 32.4 Å². The largest absolute Gasteiger partial charge is 0.269 e. The lowest BCUT2D eigenvalue weighted by atomic mass is 9.89. The second-order valence-corrected chi connectivity index (χ2v) is 5.59. The molecular weight excluding hydrogens is 184 g/mol. The Labute approximate surface area is 93.0 Å². The van der Waals surface area contributed by atoms with Gasteiger partial charge in [0.1, 0.15) is 0 Å². The summed E-state index contributed by atoms with van der Waals surface area (Å²) < 4.78 is 1.99. The van der Waals surface area contributed by atoms with Crippen molar-refractivity contribution in [2.24, 2.45) is 5.41 Å². The third kappa shape index (κ3) is 4.82. The van der Waals surface area contributed by atoms with Gasteiger partial charge in [-0.3, -0.25) is 4.68 Å². The zero-order valence-electron chi connectivity index (χ0n) is 10.5. The molecule has 0 aliphatic rings. The second-order valence-electron chi connectivity index (χ2n) is 5.59. The minimum absolute atomic E-state index is 0.338. The van der Waals surface area contributed by atoms with Gasteiger partial charge >= 0.3 is 0 Å². The molecule has 1 rings (SSSR count). The van der Waals surface area contributed by atoms with E-state index in [9.17, 15) is 0 Å². The van der Waals surface area contributed by atoms with Crippen LogP contribution in [0.25, 0.3) is 0 Å². The van der Waals surface area contributed by atoms with Crippen molar-refractivity contribution in [1.82, 2.24) is 9.78 Å². The van der Waals surface area contributed by atoms with Gasteiger partial charge in [-0.15, -0.1) is 0 Å². The molecule has 2 heteroatoms. The maximum atomic E-state index is 4.34. The van der Waals surface area contributed by atoms with Crippen LogP contribution >= 0.6 is 0 Å². The Balaban J connectivity index is 2.61. The number of aromatic nitrogens is 2. The standard InChI is InChI=1S/C13H22N2/c1-11(2)6-7-15-10-12(9-14-15)8-13(3,4)5/h6,9-10H,7-8H2,1-5H3. The van der Waals surface area contributed by atoms with Crippen LogP contribution in [-0.4, -0.2) is 9.78 Å². The molecule has 0 N–H and O–H groups in total. The maximum Gasteiger partial charge on any atom is 0.0592 e. The van der Waals surface area contributed by atoms with Crippen LogP contribution in [0.1, 0.15) is 40.2 Å². The molecule has 0 amide bonds. The Kier molecular flexibility index (Phi) is 3.72. The summed E-state index contributed by atoms with van der Waals surface area (Å²) in [5.41, 5.74) is 3.00. The molecule has 0 saturated heterocycles. The topological polar surface area (TPSA) is 17.8 Å². The fourth-order valence-electron chi connectivity index (χ4n) is 1.49. The summed E-state index contributed by atoms with van der Waals surface area (Å²) in [7, 11) is 0. The van der Waals surface area contributed by atoms with E-state index in [2.05, 4.69) is 52.0 Å². The molecule has 0 unspecified atom stereocenters. The second kappa shape index (κ2) is 4.65. The molecule has 2 nitrogen and oxygen atoms in total. The van der Waals surface area contributed by atoms with E-state index in [1.807, 2.05) is 10.9 Å². The van der Waals surface area contributed by atoms with Crippen LogP contribution in [0.3, 0.4) is 0 Å². The summed E-state index contributed by atoms with van der Waals surface area (Å²) in [6, 6.07) is 0. The quantitative estimate of drug-likeness (QED) is 0.693. The van der Waals surface area contributed by atoms with Crippen LogP contribution in [-0.2, 0) is 13.0 Å². The van der Waals surface area contributed by atoms with Crippen LogP contribution in [0, 0.1) is 5.41 Å². The summed E-state index contributed by atoms with van der Waals surface area (Å²) in [5.74, 6) is 0. The third-order valence-electron chi connectivity index (χ3n) is 2.11. The van der Waals surface area contributed by atoms with Crippen molar-refractivity contribution >= 4 is 0 Å². The van der Waals surface area contributed by atoms with Crippen LogP contribution in [0.15, 0.2) is 24.0 Å². The van der Waals surface area contributed by atoms with Crippen molar-refractivity contribution in [3.8, 4) is 0 Å². The van der Waals surface area contributed by atoms with E-state index >= 15 is 0 Å². The lowest BCUT2D eigenvalue weighted by Crippen LogP contribution is -2.08. The van der Waals surface area contributed by atoms with Gasteiger partial charge in [0.15, 0.2) is 0 Å². The van der Waals surface area contributed by atoms with Gasteiger partial charge in [-0.2, -0.15) is 5.10 Å². The van der Waals surface area contributed by atoms with E-state index < -0.39 is 0 Å². The first-order chi connectivity index (χ1) is 6.87. The third-order valence-corrected chi connectivity index (χ3v) is 2.11. The van der Waals surface area contributed by atoms with Crippen LogP contribution in [0.4, 0.5) is 0 Å². The SMILES string of the molecule is CC(C)=CCn1cc(CC(C)(C)C)cn1. The number of rotatable bonds is 3. The van der Waals surface area contributed by atoms with Gasteiger partial charge in [-0.25, -0.2) is 0 Å². The smallest absolute Gasteiger partial charge is 0.0592 e. The van der Waals surface area contributed by atoms with Crippen molar-refractivity contribution in [3.05, 3.63) is 29.6 Å². The predicted molar refractivity (Wildman–Crippen MR) is 64.8 cm³/mol. The molecule has 84 valence electrons. The first-order valence-electron chi connectivity index (χ1n) is 5.51. The predicted octanol–water partition coefficient (Wildman–Crippen LogP) is 3.44. The highest BCUT2D eigenvalue weighted by Gasteiger charge is 2.12. The van der Waals surface area contributed by atoms with Gasteiger partial charge in [-0.05, 0) is 31.2 Å². The van der Waals surface area contributed by atoms with Gasteiger partial charge < -0.3 is 0 Å². The highest BCUT2D eigenvalue weighted by atomic mass is 15.3. The molecule has 0 atom stereocenters. The van der Waals surface area contributed by atoms with Crippen LogP contribution < -0.4 is 0 Å². The lowest BCUT2D eigenvalue weighted by molar-refractivity contribution is 0.411. The van der Waals surface area contributed by atoms with E-state index in [-0.39, 0.29) is 0 Å². The van der Waals surface area contributed by atoms with Crippen LogP contribution in [0.5, 0.6) is 0 Å². The monoisotopic (exact) mass is 206 g/mol. The van der Waals surface area contributed by atoms with Crippen molar-refractivity contribution in [2.75, 3.05) is 0 Å². The summed E-state index contributed by atoms with van der Waals surface area (Å²) >= 11 is 0. The van der Waals surface area contributed by atoms with Crippen LogP contribution in [0.2, 0.25) is 0 Å². The molecule has 0 saturated carbocycles. The fourth-order valence-corrected chi connectivity index (χ4v) is 1.49. The molecule has 0 radical (unpaired) electrons. The van der Waals surface area contributed by atoms with Crippen molar-refractivity contribution in [3.63, 3.8) is 0 Å². The zero-order chi connectivity index (χ0) is 11.5. The Hall–Kier alpha value is -1.05. The van der Waals surface area contributed by atoms with E-state index in [0.29, 0.717) is 5.41 Å². The Morgan fingerprint density at radius 1 is 1.40 bits per heavy atom. The molecule has 0 aliphatic carbocycles. The fraction of sp³-hybridized carbons (Fsp3) is 0.615. The van der Waals surface area contributed by atoms with Gasteiger partial charge in [0.25, 0.3) is 0 Å². The Bertz CT molecular complexity index is 336. The first-order valence-corrected chi connectivity index (χ1v) is 5.51. The highest BCUT2D eigenvalue weighted by molar-refractivity contribution is 5.07. The highest BCUT2D eigenvalue weighted by Crippen LogP contribution is 2.19.